The van der Waals surface area contributed by atoms with E-state index in [4.69, 9.17) is 0 Å². The Morgan fingerprint density at radius 3 is 2.43 bits per heavy atom. The van der Waals surface area contributed by atoms with Crippen LogP contribution in [0.25, 0.3) is 0 Å². The quantitative estimate of drug-likeness (QED) is 0.725. The molecule has 0 bridgehead atoms. The highest BCUT2D eigenvalue weighted by atomic mass is 14.9. The largest absolute Gasteiger partial charge is 0.314 e. The summed E-state index contributed by atoms with van der Waals surface area (Å²) in [7, 11) is 0. The van der Waals surface area contributed by atoms with Gasteiger partial charge in [0.05, 0.1) is 0 Å². The average Bonchev–Trinajstić information content (AvgIpc) is 2.17. The number of hydrogen-bond acceptors (Lipinski definition) is 1. The van der Waals surface area contributed by atoms with Crippen LogP contribution in [0.1, 0.15) is 58.3 Å². The summed E-state index contributed by atoms with van der Waals surface area (Å²) in [6.07, 6.45) is 11.8. The smallest absolute Gasteiger partial charge is 0.00721 e. The topological polar surface area (TPSA) is 12.0 Å². The van der Waals surface area contributed by atoms with Crippen LogP contribution in [0.3, 0.4) is 0 Å². The molecule has 0 radical (unpaired) electrons. The van der Waals surface area contributed by atoms with Crippen molar-refractivity contribution in [2.24, 2.45) is 11.8 Å². The first-order valence-corrected chi connectivity index (χ1v) is 6.58. The Labute approximate surface area is 88.7 Å². The van der Waals surface area contributed by atoms with Crippen LogP contribution < -0.4 is 5.32 Å². The molecule has 0 heterocycles. The molecule has 0 atom stereocenters. The fraction of sp³-hybridized carbons (Fsp3) is 1.00. The SMILES string of the molecule is CC1CC(NCCC2CCCCC2)C1. The molecule has 0 aromatic heterocycles. The van der Waals surface area contributed by atoms with Crippen molar-refractivity contribution >= 4 is 0 Å². The van der Waals surface area contributed by atoms with E-state index in [0.29, 0.717) is 0 Å². The van der Waals surface area contributed by atoms with Gasteiger partial charge in [0.2, 0.25) is 0 Å². The molecule has 14 heavy (non-hydrogen) atoms. The summed E-state index contributed by atoms with van der Waals surface area (Å²) in [5, 5.41) is 3.70. The van der Waals surface area contributed by atoms with Crippen molar-refractivity contribution in [1.82, 2.24) is 5.32 Å². The van der Waals surface area contributed by atoms with E-state index in [9.17, 15) is 0 Å². The average molecular weight is 195 g/mol. The molecule has 0 aromatic rings. The first-order chi connectivity index (χ1) is 6.84. The Morgan fingerprint density at radius 2 is 1.79 bits per heavy atom. The van der Waals surface area contributed by atoms with Crippen LogP contribution in [-0.2, 0) is 0 Å². The fourth-order valence-corrected chi connectivity index (χ4v) is 3.04. The normalized spacial score (nSPS) is 34.1. The van der Waals surface area contributed by atoms with E-state index >= 15 is 0 Å². The van der Waals surface area contributed by atoms with E-state index in [2.05, 4.69) is 12.2 Å². The standard InChI is InChI=1S/C13H25N/c1-11-9-13(10-11)14-8-7-12-5-3-2-4-6-12/h11-14H,2-10H2,1H3. The predicted molar refractivity (Wildman–Crippen MR) is 61.4 cm³/mol. The van der Waals surface area contributed by atoms with Crippen LogP contribution in [0.5, 0.6) is 0 Å². The lowest BCUT2D eigenvalue weighted by Crippen LogP contribution is -2.40. The highest BCUT2D eigenvalue weighted by Gasteiger charge is 2.24. The second-order valence-electron chi connectivity index (χ2n) is 5.52. The van der Waals surface area contributed by atoms with Gasteiger partial charge in [0.1, 0.15) is 0 Å². The fourth-order valence-electron chi connectivity index (χ4n) is 3.04. The minimum absolute atomic E-state index is 0.869. The molecule has 2 aliphatic carbocycles. The first kappa shape index (κ1) is 10.5. The van der Waals surface area contributed by atoms with Gasteiger partial charge in [0, 0.05) is 6.04 Å². The summed E-state index contributed by atoms with van der Waals surface area (Å²) in [5.74, 6) is 2.04. The van der Waals surface area contributed by atoms with Gasteiger partial charge in [0.25, 0.3) is 0 Å². The molecule has 2 aliphatic rings. The molecule has 1 nitrogen and oxygen atoms in total. The number of rotatable bonds is 4. The van der Waals surface area contributed by atoms with Crippen molar-refractivity contribution in [1.29, 1.82) is 0 Å². The van der Waals surface area contributed by atoms with Crippen molar-refractivity contribution in [3.8, 4) is 0 Å². The Kier molecular flexibility index (Phi) is 3.86. The lowest BCUT2D eigenvalue weighted by molar-refractivity contribution is 0.232. The molecule has 2 rings (SSSR count). The molecule has 0 spiro atoms. The second-order valence-corrected chi connectivity index (χ2v) is 5.52. The van der Waals surface area contributed by atoms with Crippen LogP contribution in [0.15, 0.2) is 0 Å². The van der Waals surface area contributed by atoms with Crippen molar-refractivity contribution in [2.75, 3.05) is 6.54 Å². The summed E-state index contributed by atoms with van der Waals surface area (Å²) in [4.78, 5) is 0. The predicted octanol–water partition coefficient (Wildman–Crippen LogP) is 3.34. The van der Waals surface area contributed by atoms with E-state index < -0.39 is 0 Å². The summed E-state index contributed by atoms with van der Waals surface area (Å²) < 4.78 is 0. The van der Waals surface area contributed by atoms with Gasteiger partial charge in [-0.2, -0.15) is 0 Å². The lowest BCUT2D eigenvalue weighted by Gasteiger charge is -2.34. The monoisotopic (exact) mass is 195 g/mol. The Balaban J connectivity index is 1.50. The molecule has 2 fully saturated rings. The van der Waals surface area contributed by atoms with E-state index in [1.54, 1.807) is 0 Å². The van der Waals surface area contributed by atoms with Gasteiger partial charge in [-0.1, -0.05) is 39.0 Å². The van der Waals surface area contributed by atoms with Gasteiger partial charge >= 0.3 is 0 Å². The molecular weight excluding hydrogens is 170 g/mol. The van der Waals surface area contributed by atoms with Crippen molar-refractivity contribution in [2.45, 2.75) is 64.3 Å². The van der Waals surface area contributed by atoms with Gasteiger partial charge in [0.15, 0.2) is 0 Å². The maximum Gasteiger partial charge on any atom is 0.00721 e. The molecule has 1 heteroatoms. The second kappa shape index (κ2) is 5.16. The van der Waals surface area contributed by atoms with E-state index in [-0.39, 0.29) is 0 Å². The first-order valence-electron chi connectivity index (χ1n) is 6.58. The maximum absolute atomic E-state index is 3.70. The van der Waals surface area contributed by atoms with Crippen LogP contribution >= 0.6 is 0 Å². The number of nitrogens with one attached hydrogen (secondary N) is 1. The van der Waals surface area contributed by atoms with E-state index in [0.717, 1.165) is 17.9 Å². The Morgan fingerprint density at radius 1 is 1.07 bits per heavy atom. The third-order valence-electron chi connectivity index (χ3n) is 4.08. The number of hydrogen-bond donors (Lipinski definition) is 1. The molecule has 0 unspecified atom stereocenters. The molecule has 0 aromatic carbocycles. The van der Waals surface area contributed by atoms with Gasteiger partial charge in [-0.25, -0.2) is 0 Å². The van der Waals surface area contributed by atoms with Gasteiger partial charge in [-0.3, -0.25) is 0 Å². The van der Waals surface area contributed by atoms with Crippen molar-refractivity contribution < 1.29 is 0 Å². The van der Waals surface area contributed by atoms with Crippen LogP contribution in [0.4, 0.5) is 0 Å². The molecule has 0 amide bonds. The molecule has 0 aliphatic heterocycles. The lowest BCUT2D eigenvalue weighted by atomic mass is 9.81. The van der Waals surface area contributed by atoms with Gasteiger partial charge < -0.3 is 5.32 Å². The van der Waals surface area contributed by atoms with Crippen LogP contribution in [0.2, 0.25) is 0 Å². The minimum Gasteiger partial charge on any atom is -0.314 e. The van der Waals surface area contributed by atoms with E-state index in [1.807, 2.05) is 0 Å². The van der Waals surface area contributed by atoms with Crippen LogP contribution in [0, 0.1) is 11.8 Å². The zero-order valence-electron chi connectivity index (χ0n) is 9.60. The Hall–Kier alpha value is -0.0400. The maximum atomic E-state index is 3.70. The van der Waals surface area contributed by atoms with Gasteiger partial charge in [-0.05, 0) is 37.6 Å². The third-order valence-corrected chi connectivity index (χ3v) is 4.08. The van der Waals surface area contributed by atoms with Crippen molar-refractivity contribution in [3.05, 3.63) is 0 Å². The third kappa shape index (κ3) is 2.98. The summed E-state index contributed by atoms with van der Waals surface area (Å²) in [6, 6.07) is 0.869. The summed E-state index contributed by atoms with van der Waals surface area (Å²) in [6.45, 7) is 3.64. The van der Waals surface area contributed by atoms with Crippen molar-refractivity contribution in [3.63, 3.8) is 0 Å². The minimum atomic E-state index is 0.869. The highest BCUT2D eigenvalue weighted by molar-refractivity contribution is 4.82. The van der Waals surface area contributed by atoms with E-state index in [1.165, 1.54) is 57.9 Å². The molecule has 2 saturated carbocycles. The molecule has 82 valence electrons. The zero-order valence-corrected chi connectivity index (χ0v) is 9.60. The molecule has 0 saturated heterocycles. The van der Waals surface area contributed by atoms with Gasteiger partial charge in [-0.15, -0.1) is 0 Å². The Bertz CT molecular complexity index is 155. The summed E-state index contributed by atoms with van der Waals surface area (Å²) in [5.41, 5.74) is 0. The molecule has 1 N–H and O–H groups in total. The highest BCUT2D eigenvalue weighted by Crippen LogP contribution is 2.28. The van der Waals surface area contributed by atoms with Crippen LogP contribution in [-0.4, -0.2) is 12.6 Å². The zero-order chi connectivity index (χ0) is 9.80. The molecular formula is C13H25N. The summed E-state index contributed by atoms with van der Waals surface area (Å²) >= 11 is 0.